The summed E-state index contributed by atoms with van der Waals surface area (Å²) in [6, 6.07) is 46.6. The van der Waals surface area contributed by atoms with Gasteiger partial charge in [-0.15, -0.1) is 0 Å². The standard InChI is InChI=1S/C43H36ClNO7/c1-48-35-22-18-30(19-23-35)28-50-38-27-26-37(39(44)41(38)51-29-31-20-24-36(49-2)25-21-31)40(42(46)47)45-52-43(32-12-6-3-7-13-32,33-14-8-4-9-15-33)34-16-10-5-11-17-34/h3-27H,28-29H2,1-2H3,(H,46,47)/b45-40-. The van der Waals surface area contributed by atoms with Crippen molar-refractivity contribution in [3.05, 3.63) is 190 Å². The van der Waals surface area contributed by atoms with Crippen molar-refractivity contribution in [2.45, 2.75) is 18.8 Å². The van der Waals surface area contributed by atoms with Gasteiger partial charge in [-0.25, -0.2) is 4.79 Å². The fourth-order valence-corrected chi connectivity index (χ4v) is 6.02. The fourth-order valence-electron chi connectivity index (χ4n) is 5.72. The van der Waals surface area contributed by atoms with Crippen LogP contribution in [0.1, 0.15) is 33.4 Å². The molecule has 0 saturated heterocycles. The van der Waals surface area contributed by atoms with Crippen LogP contribution in [0.4, 0.5) is 0 Å². The monoisotopic (exact) mass is 713 g/mol. The van der Waals surface area contributed by atoms with E-state index in [0.717, 1.165) is 33.6 Å². The molecule has 0 heterocycles. The van der Waals surface area contributed by atoms with E-state index in [0.29, 0.717) is 11.5 Å². The molecule has 8 nitrogen and oxygen atoms in total. The summed E-state index contributed by atoms with van der Waals surface area (Å²) in [6.45, 7) is 0.302. The van der Waals surface area contributed by atoms with Gasteiger partial charge in [0.1, 0.15) is 24.7 Å². The zero-order valence-corrected chi connectivity index (χ0v) is 29.3. The summed E-state index contributed by atoms with van der Waals surface area (Å²) in [7, 11) is 3.20. The van der Waals surface area contributed by atoms with E-state index in [1.807, 2.05) is 140 Å². The molecule has 6 aromatic rings. The summed E-state index contributed by atoms with van der Waals surface area (Å²) in [4.78, 5) is 19.5. The molecule has 0 radical (unpaired) electrons. The number of rotatable bonds is 15. The number of hydrogen-bond acceptors (Lipinski definition) is 7. The molecular weight excluding hydrogens is 678 g/mol. The van der Waals surface area contributed by atoms with Gasteiger partial charge in [-0.3, -0.25) is 0 Å². The minimum absolute atomic E-state index is 0.00442. The molecule has 52 heavy (non-hydrogen) atoms. The Balaban J connectivity index is 1.43. The molecule has 0 spiro atoms. The molecule has 1 N–H and O–H groups in total. The van der Waals surface area contributed by atoms with E-state index in [1.54, 1.807) is 20.3 Å². The van der Waals surface area contributed by atoms with Gasteiger partial charge in [0, 0.05) is 22.3 Å². The smallest absolute Gasteiger partial charge is 0.358 e. The van der Waals surface area contributed by atoms with Crippen LogP contribution in [0.15, 0.2) is 157 Å². The zero-order chi connectivity index (χ0) is 36.3. The molecule has 6 rings (SSSR count). The number of oxime groups is 1. The highest BCUT2D eigenvalue weighted by atomic mass is 35.5. The van der Waals surface area contributed by atoms with Gasteiger partial charge in [0.15, 0.2) is 17.2 Å². The maximum atomic E-state index is 13.0. The molecule has 0 aromatic heterocycles. The second-order valence-corrected chi connectivity index (χ2v) is 12.0. The molecule has 0 aliphatic rings. The Kier molecular flexibility index (Phi) is 11.4. The minimum atomic E-state index is -1.35. The molecule has 0 bridgehead atoms. The summed E-state index contributed by atoms with van der Waals surface area (Å²) in [5.41, 5.74) is 2.30. The van der Waals surface area contributed by atoms with Crippen molar-refractivity contribution in [1.29, 1.82) is 0 Å². The van der Waals surface area contributed by atoms with E-state index in [9.17, 15) is 9.90 Å². The van der Waals surface area contributed by atoms with Crippen LogP contribution in [0, 0.1) is 0 Å². The Morgan fingerprint density at radius 3 is 1.48 bits per heavy atom. The summed E-state index contributed by atoms with van der Waals surface area (Å²) in [6.07, 6.45) is 0. The molecule has 0 saturated carbocycles. The summed E-state index contributed by atoms with van der Waals surface area (Å²) in [5, 5.41) is 15.0. The van der Waals surface area contributed by atoms with Gasteiger partial charge in [-0.05, 0) is 47.5 Å². The van der Waals surface area contributed by atoms with Crippen LogP contribution < -0.4 is 18.9 Å². The molecule has 0 aliphatic carbocycles. The molecule has 6 aromatic carbocycles. The minimum Gasteiger partial charge on any atom is -0.497 e. The quantitative estimate of drug-likeness (QED) is 0.0644. The Hall–Kier alpha value is -6.25. The molecular formula is C43H36ClNO7. The predicted octanol–water partition coefficient (Wildman–Crippen LogP) is 9.31. The number of benzene rings is 6. The van der Waals surface area contributed by atoms with Crippen LogP contribution in [0.2, 0.25) is 5.02 Å². The van der Waals surface area contributed by atoms with Crippen LogP contribution >= 0.6 is 11.6 Å². The van der Waals surface area contributed by atoms with E-state index in [2.05, 4.69) is 5.16 Å². The predicted molar refractivity (Wildman–Crippen MR) is 201 cm³/mol. The van der Waals surface area contributed by atoms with Gasteiger partial charge in [-0.2, -0.15) is 0 Å². The second kappa shape index (κ2) is 16.6. The van der Waals surface area contributed by atoms with E-state index in [4.69, 9.17) is 35.4 Å². The lowest BCUT2D eigenvalue weighted by Crippen LogP contribution is -2.32. The van der Waals surface area contributed by atoms with E-state index in [1.165, 1.54) is 6.07 Å². The van der Waals surface area contributed by atoms with Crippen LogP contribution in [-0.2, 0) is 28.4 Å². The molecule has 0 fully saturated rings. The number of nitrogens with zero attached hydrogens (tertiary/aromatic N) is 1. The topological polar surface area (TPSA) is 95.8 Å². The maximum Gasteiger partial charge on any atom is 0.358 e. The number of carbonyl (C=O) groups is 1. The normalized spacial score (nSPS) is 11.4. The Morgan fingerprint density at radius 2 is 1.06 bits per heavy atom. The van der Waals surface area contributed by atoms with Crippen molar-refractivity contribution < 1.29 is 33.7 Å². The third-order valence-corrected chi connectivity index (χ3v) is 8.80. The summed E-state index contributed by atoms with van der Waals surface area (Å²) >= 11 is 7.05. The number of methoxy groups -OCH3 is 2. The first-order valence-corrected chi connectivity index (χ1v) is 16.8. The molecule has 0 aliphatic heterocycles. The van der Waals surface area contributed by atoms with Gasteiger partial charge >= 0.3 is 5.97 Å². The lowest BCUT2D eigenvalue weighted by molar-refractivity contribution is -0.129. The third kappa shape index (κ3) is 7.88. The largest absolute Gasteiger partial charge is 0.497 e. The number of hydrogen-bond donors (Lipinski definition) is 1. The van der Waals surface area contributed by atoms with Gasteiger partial charge in [0.25, 0.3) is 0 Å². The Bertz CT molecular complexity index is 2010. The average molecular weight is 714 g/mol. The number of aliphatic carboxylic acids is 1. The van der Waals surface area contributed by atoms with E-state index >= 15 is 0 Å². The highest BCUT2D eigenvalue weighted by Gasteiger charge is 2.40. The van der Waals surface area contributed by atoms with Crippen molar-refractivity contribution in [2.75, 3.05) is 14.2 Å². The number of carboxylic acid groups (broad SMARTS) is 1. The van der Waals surface area contributed by atoms with Crippen molar-refractivity contribution in [1.82, 2.24) is 0 Å². The fraction of sp³-hybridized carbons (Fsp3) is 0.116. The molecule has 0 unspecified atom stereocenters. The van der Waals surface area contributed by atoms with Crippen molar-refractivity contribution in [3.63, 3.8) is 0 Å². The molecule has 0 amide bonds. The number of ether oxygens (including phenoxy) is 4. The first-order chi connectivity index (χ1) is 25.4. The number of halogens is 1. The van der Waals surface area contributed by atoms with Crippen molar-refractivity contribution >= 4 is 23.3 Å². The van der Waals surface area contributed by atoms with Gasteiger partial charge in [-0.1, -0.05) is 132 Å². The van der Waals surface area contributed by atoms with E-state index < -0.39 is 17.3 Å². The van der Waals surface area contributed by atoms with Crippen LogP contribution in [0.5, 0.6) is 23.0 Å². The van der Waals surface area contributed by atoms with Crippen molar-refractivity contribution in [2.24, 2.45) is 5.16 Å². The highest BCUT2D eigenvalue weighted by molar-refractivity contribution is 6.47. The van der Waals surface area contributed by atoms with Gasteiger partial charge in [0.2, 0.25) is 5.60 Å². The Labute approximate surface area is 307 Å². The lowest BCUT2D eigenvalue weighted by atomic mass is 9.80. The maximum absolute atomic E-state index is 13.0. The van der Waals surface area contributed by atoms with Crippen LogP contribution in [0.25, 0.3) is 0 Å². The molecule has 262 valence electrons. The molecule has 0 atom stereocenters. The van der Waals surface area contributed by atoms with Crippen LogP contribution in [0.3, 0.4) is 0 Å². The van der Waals surface area contributed by atoms with E-state index in [-0.39, 0.29) is 29.5 Å². The zero-order valence-electron chi connectivity index (χ0n) is 28.6. The first kappa shape index (κ1) is 35.6. The summed E-state index contributed by atoms with van der Waals surface area (Å²) in [5.74, 6) is 0.539. The highest BCUT2D eigenvalue weighted by Crippen LogP contribution is 2.42. The van der Waals surface area contributed by atoms with Crippen molar-refractivity contribution in [3.8, 4) is 23.0 Å². The third-order valence-electron chi connectivity index (χ3n) is 8.43. The summed E-state index contributed by atoms with van der Waals surface area (Å²) < 4.78 is 23.0. The lowest BCUT2D eigenvalue weighted by Gasteiger charge is -2.33. The SMILES string of the molecule is COc1ccc(COc2ccc(/C(=N/OC(c3ccccc3)(c3ccccc3)c3ccccc3)C(=O)O)c(Cl)c2OCc2ccc(OC)cc2)cc1. The van der Waals surface area contributed by atoms with Crippen LogP contribution in [-0.4, -0.2) is 31.0 Å². The Morgan fingerprint density at radius 1 is 0.615 bits per heavy atom. The average Bonchev–Trinajstić information content (AvgIpc) is 3.20. The van der Waals surface area contributed by atoms with Gasteiger partial charge < -0.3 is 28.9 Å². The molecule has 9 heteroatoms. The number of carboxylic acids is 1. The van der Waals surface area contributed by atoms with Gasteiger partial charge in [0.05, 0.1) is 19.2 Å². The second-order valence-electron chi connectivity index (χ2n) is 11.6. The first-order valence-electron chi connectivity index (χ1n) is 16.4.